The molecular weight excluding hydrogens is 322 g/mol. The minimum Gasteiger partial charge on any atom is -0.459 e. The summed E-state index contributed by atoms with van der Waals surface area (Å²) in [5, 5.41) is 8.26. The molecule has 128 valence electrons. The normalized spacial score (nSPS) is 15.5. The molecule has 0 N–H and O–H groups in total. The maximum atomic E-state index is 12.3. The number of nitrogens with zero attached hydrogens (tertiary/aromatic N) is 5. The van der Waals surface area contributed by atoms with Crippen LogP contribution in [0.2, 0.25) is 0 Å². The number of amides is 1. The molecule has 3 aromatic rings. The zero-order valence-corrected chi connectivity index (χ0v) is 13.8. The highest BCUT2D eigenvalue weighted by atomic mass is 16.4. The van der Waals surface area contributed by atoms with Crippen LogP contribution in [0.3, 0.4) is 0 Å². The molecule has 8 nitrogen and oxygen atoms in total. The van der Waals surface area contributed by atoms with E-state index in [1.165, 1.54) is 6.26 Å². The summed E-state index contributed by atoms with van der Waals surface area (Å²) in [7, 11) is 0. The largest absolute Gasteiger partial charge is 0.459 e. The molecule has 1 aliphatic heterocycles. The van der Waals surface area contributed by atoms with Crippen LogP contribution in [-0.2, 0) is 0 Å². The van der Waals surface area contributed by atoms with Gasteiger partial charge in [-0.1, -0.05) is 0 Å². The molecule has 1 aliphatic rings. The third-order valence-corrected chi connectivity index (χ3v) is 4.33. The number of likely N-dealkylation sites (tertiary alicyclic amines) is 1. The number of hydrogen-bond acceptors (Lipinski definition) is 7. The molecule has 0 aliphatic carbocycles. The van der Waals surface area contributed by atoms with Crippen LogP contribution in [0.1, 0.15) is 41.0 Å². The lowest BCUT2D eigenvalue weighted by Gasteiger charge is -2.29. The average molecular weight is 339 g/mol. The number of rotatable bonds is 3. The van der Waals surface area contributed by atoms with E-state index >= 15 is 0 Å². The Bertz CT molecular complexity index is 849. The molecule has 1 fully saturated rings. The van der Waals surface area contributed by atoms with E-state index in [4.69, 9.17) is 8.83 Å². The Hall–Kier alpha value is -3.03. The van der Waals surface area contributed by atoms with E-state index in [0.717, 1.165) is 12.8 Å². The fourth-order valence-corrected chi connectivity index (χ4v) is 2.90. The first-order chi connectivity index (χ1) is 12.2. The molecule has 25 heavy (non-hydrogen) atoms. The first kappa shape index (κ1) is 15.5. The van der Waals surface area contributed by atoms with Gasteiger partial charge in [-0.3, -0.25) is 4.79 Å². The molecular formula is C17H17N5O3. The summed E-state index contributed by atoms with van der Waals surface area (Å²) in [6, 6.07) is 3.40. The molecule has 0 atom stereocenters. The molecule has 8 heteroatoms. The van der Waals surface area contributed by atoms with Gasteiger partial charge < -0.3 is 13.7 Å². The number of hydrogen-bond donors (Lipinski definition) is 0. The zero-order chi connectivity index (χ0) is 17.2. The summed E-state index contributed by atoms with van der Waals surface area (Å²) in [5.41, 5.74) is 0.704. The van der Waals surface area contributed by atoms with Crippen LogP contribution in [0.15, 0.2) is 39.6 Å². The molecule has 0 spiro atoms. The van der Waals surface area contributed by atoms with Crippen molar-refractivity contribution in [2.24, 2.45) is 0 Å². The number of aromatic nitrogens is 4. The van der Waals surface area contributed by atoms with Crippen LogP contribution in [-0.4, -0.2) is 44.1 Å². The van der Waals surface area contributed by atoms with Crippen LogP contribution >= 0.6 is 0 Å². The van der Waals surface area contributed by atoms with Crippen LogP contribution < -0.4 is 0 Å². The molecule has 0 radical (unpaired) electrons. The van der Waals surface area contributed by atoms with Crippen molar-refractivity contribution in [2.75, 3.05) is 13.1 Å². The van der Waals surface area contributed by atoms with Crippen molar-refractivity contribution in [3.8, 4) is 11.5 Å². The maximum Gasteiger partial charge on any atom is 0.289 e. The predicted molar refractivity (Wildman–Crippen MR) is 86.6 cm³/mol. The second-order valence-electron chi connectivity index (χ2n) is 6.01. The van der Waals surface area contributed by atoms with E-state index in [2.05, 4.69) is 20.2 Å². The lowest BCUT2D eigenvalue weighted by atomic mass is 9.96. The molecule has 4 rings (SSSR count). The molecule has 1 saturated heterocycles. The van der Waals surface area contributed by atoms with Gasteiger partial charge in [0.25, 0.3) is 11.8 Å². The Morgan fingerprint density at radius 2 is 1.96 bits per heavy atom. The van der Waals surface area contributed by atoms with Gasteiger partial charge in [0, 0.05) is 31.4 Å². The standard InChI is InChI=1S/C17H17N5O3/c1-11-18-9-13(10-19-11)16-21-20-15(25-16)12-4-6-22(7-5-12)17(23)14-3-2-8-24-14/h2-3,8-10,12H,4-7H2,1H3. The Morgan fingerprint density at radius 3 is 2.64 bits per heavy atom. The van der Waals surface area contributed by atoms with Crippen molar-refractivity contribution in [3.05, 3.63) is 48.3 Å². The molecule has 4 heterocycles. The van der Waals surface area contributed by atoms with Gasteiger partial charge in [0.05, 0.1) is 11.8 Å². The minimum atomic E-state index is -0.0773. The van der Waals surface area contributed by atoms with E-state index in [1.807, 2.05) is 6.92 Å². The van der Waals surface area contributed by atoms with Crippen LogP contribution in [0.25, 0.3) is 11.5 Å². The van der Waals surface area contributed by atoms with Gasteiger partial charge in [-0.2, -0.15) is 0 Å². The highest BCUT2D eigenvalue weighted by Gasteiger charge is 2.28. The van der Waals surface area contributed by atoms with Crippen molar-refractivity contribution in [1.29, 1.82) is 0 Å². The van der Waals surface area contributed by atoms with Gasteiger partial charge in [-0.25, -0.2) is 9.97 Å². The van der Waals surface area contributed by atoms with E-state index in [-0.39, 0.29) is 11.8 Å². The number of aryl methyl sites for hydroxylation is 1. The van der Waals surface area contributed by atoms with Gasteiger partial charge >= 0.3 is 0 Å². The molecule has 0 aromatic carbocycles. The number of piperidine rings is 1. The topological polar surface area (TPSA) is 98.2 Å². The number of carbonyl (C=O) groups is 1. The smallest absolute Gasteiger partial charge is 0.289 e. The van der Waals surface area contributed by atoms with Gasteiger partial charge in [0.1, 0.15) is 5.82 Å². The summed E-state index contributed by atoms with van der Waals surface area (Å²) >= 11 is 0. The van der Waals surface area contributed by atoms with Crippen LogP contribution in [0, 0.1) is 6.92 Å². The van der Waals surface area contributed by atoms with Crippen LogP contribution in [0.4, 0.5) is 0 Å². The lowest BCUT2D eigenvalue weighted by Crippen LogP contribution is -2.37. The Labute approximate surface area is 143 Å². The first-order valence-corrected chi connectivity index (χ1v) is 8.16. The minimum absolute atomic E-state index is 0.0773. The predicted octanol–water partition coefficient (Wildman–Crippen LogP) is 2.45. The van der Waals surface area contributed by atoms with Gasteiger partial charge in [-0.15, -0.1) is 10.2 Å². The molecule has 3 aromatic heterocycles. The summed E-state index contributed by atoms with van der Waals surface area (Å²) in [5.74, 6) is 2.15. The fourth-order valence-electron chi connectivity index (χ4n) is 2.90. The van der Waals surface area contributed by atoms with Crippen molar-refractivity contribution in [1.82, 2.24) is 25.1 Å². The quantitative estimate of drug-likeness (QED) is 0.722. The van der Waals surface area contributed by atoms with Crippen LogP contribution in [0.5, 0.6) is 0 Å². The van der Waals surface area contributed by atoms with Crippen molar-refractivity contribution in [2.45, 2.75) is 25.7 Å². The Morgan fingerprint density at radius 1 is 1.20 bits per heavy atom. The third-order valence-electron chi connectivity index (χ3n) is 4.33. The summed E-state index contributed by atoms with van der Waals surface area (Å²) in [4.78, 5) is 22.4. The lowest BCUT2D eigenvalue weighted by molar-refractivity contribution is 0.0674. The van der Waals surface area contributed by atoms with Crippen molar-refractivity contribution < 1.29 is 13.6 Å². The number of furan rings is 1. The maximum absolute atomic E-state index is 12.3. The van der Waals surface area contributed by atoms with E-state index in [0.29, 0.717) is 42.0 Å². The highest BCUT2D eigenvalue weighted by molar-refractivity contribution is 5.91. The third kappa shape index (κ3) is 3.15. The van der Waals surface area contributed by atoms with E-state index < -0.39 is 0 Å². The average Bonchev–Trinajstić information content (AvgIpc) is 3.34. The van der Waals surface area contributed by atoms with Gasteiger partial charge in [0.15, 0.2) is 5.76 Å². The highest BCUT2D eigenvalue weighted by Crippen LogP contribution is 2.29. The monoisotopic (exact) mass is 339 g/mol. The first-order valence-electron chi connectivity index (χ1n) is 8.16. The summed E-state index contributed by atoms with van der Waals surface area (Å²) in [6.45, 7) is 3.09. The second-order valence-corrected chi connectivity index (χ2v) is 6.01. The summed E-state index contributed by atoms with van der Waals surface area (Å²) < 4.78 is 11.0. The van der Waals surface area contributed by atoms with E-state index in [1.54, 1.807) is 29.4 Å². The van der Waals surface area contributed by atoms with Gasteiger partial charge in [0.2, 0.25) is 5.89 Å². The zero-order valence-electron chi connectivity index (χ0n) is 13.8. The fraction of sp³-hybridized carbons (Fsp3) is 0.353. The SMILES string of the molecule is Cc1ncc(-c2nnc(C3CCN(C(=O)c4ccco4)CC3)o2)cn1. The molecule has 1 amide bonds. The Balaban J connectivity index is 1.41. The summed E-state index contributed by atoms with van der Waals surface area (Å²) in [6.07, 6.45) is 6.40. The Kier molecular flexibility index (Phi) is 4.01. The van der Waals surface area contributed by atoms with E-state index in [9.17, 15) is 4.79 Å². The number of carbonyl (C=O) groups excluding carboxylic acids is 1. The second kappa shape index (κ2) is 6.46. The molecule has 0 bridgehead atoms. The molecule has 0 unspecified atom stereocenters. The van der Waals surface area contributed by atoms with Crippen molar-refractivity contribution in [3.63, 3.8) is 0 Å². The van der Waals surface area contributed by atoms with Gasteiger partial charge in [-0.05, 0) is 31.9 Å². The molecule has 0 saturated carbocycles. The van der Waals surface area contributed by atoms with Crippen molar-refractivity contribution >= 4 is 5.91 Å².